The molecule has 0 fully saturated rings. The van der Waals surface area contributed by atoms with Crippen LogP contribution in [0.3, 0.4) is 0 Å². The van der Waals surface area contributed by atoms with Crippen LogP contribution >= 0.6 is 0 Å². The largest absolute Gasteiger partial charge is 0.489 e. The van der Waals surface area contributed by atoms with E-state index in [0.717, 1.165) is 16.5 Å². The molecule has 0 spiro atoms. The number of carbonyl (C=O) groups is 2. The zero-order valence-corrected chi connectivity index (χ0v) is 18.2. The molecule has 0 bridgehead atoms. The van der Waals surface area contributed by atoms with Crippen LogP contribution in [0.2, 0.25) is 0 Å². The third-order valence-corrected chi connectivity index (χ3v) is 5.21. The maximum absolute atomic E-state index is 12.8. The Balaban J connectivity index is 1.46. The molecule has 0 radical (unpaired) electrons. The van der Waals surface area contributed by atoms with Gasteiger partial charge in [0.1, 0.15) is 24.1 Å². The summed E-state index contributed by atoms with van der Waals surface area (Å²) in [5.74, 6) is -0.283. The van der Waals surface area contributed by atoms with Gasteiger partial charge in [0.05, 0.1) is 12.6 Å². The summed E-state index contributed by atoms with van der Waals surface area (Å²) in [5.41, 5.74) is 2.85. The molecule has 1 aromatic heterocycles. The number of aromatic nitrogens is 1. The van der Waals surface area contributed by atoms with Gasteiger partial charge in [0.25, 0.3) is 5.91 Å². The molecule has 166 valence electrons. The van der Waals surface area contributed by atoms with Crippen molar-refractivity contribution in [3.05, 3.63) is 108 Å². The summed E-state index contributed by atoms with van der Waals surface area (Å²) in [7, 11) is 1.30. The Bertz CT molecular complexity index is 1260. The Morgan fingerprint density at radius 2 is 1.64 bits per heavy atom. The fraction of sp³-hybridized carbons (Fsp3) is 0.148. The maximum Gasteiger partial charge on any atom is 0.328 e. The van der Waals surface area contributed by atoms with Gasteiger partial charge in [0.2, 0.25) is 0 Å². The van der Waals surface area contributed by atoms with Gasteiger partial charge in [0.15, 0.2) is 0 Å². The van der Waals surface area contributed by atoms with Gasteiger partial charge in [-0.1, -0.05) is 66.7 Å². The molecule has 1 N–H and O–H groups in total. The first-order chi connectivity index (χ1) is 16.1. The summed E-state index contributed by atoms with van der Waals surface area (Å²) in [5, 5.41) is 3.69. The normalized spacial score (nSPS) is 11.5. The number of fused-ring (bicyclic) bond motifs is 1. The number of amides is 1. The number of pyridine rings is 1. The van der Waals surface area contributed by atoms with Gasteiger partial charge < -0.3 is 14.8 Å². The molecule has 6 nitrogen and oxygen atoms in total. The van der Waals surface area contributed by atoms with Crippen molar-refractivity contribution in [1.82, 2.24) is 10.3 Å². The van der Waals surface area contributed by atoms with Crippen molar-refractivity contribution in [3.63, 3.8) is 0 Å². The summed E-state index contributed by atoms with van der Waals surface area (Å²) < 4.78 is 10.8. The van der Waals surface area contributed by atoms with Gasteiger partial charge in [-0.2, -0.15) is 0 Å². The van der Waals surface area contributed by atoms with E-state index in [-0.39, 0.29) is 12.1 Å². The highest BCUT2D eigenvalue weighted by Gasteiger charge is 2.23. The lowest BCUT2D eigenvalue weighted by Crippen LogP contribution is -2.43. The van der Waals surface area contributed by atoms with Crippen molar-refractivity contribution in [1.29, 1.82) is 0 Å². The quantitative estimate of drug-likeness (QED) is 0.413. The van der Waals surface area contributed by atoms with Crippen LogP contribution in [0.15, 0.2) is 91.0 Å². The minimum atomic E-state index is -0.861. The molecule has 0 saturated carbocycles. The number of hydrogen-bond acceptors (Lipinski definition) is 5. The Hall–Kier alpha value is -4.19. The van der Waals surface area contributed by atoms with Crippen LogP contribution in [0.1, 0.15) is 21.6 Å². The van der Waals surface area contributed by atoms with Crippen LogP contribution in [-0.4, -0.2) is 30.0 Å². The Morgan fingerprint density at radius 3 is 2.45 bits per heavy atom. The lowest BCUT2D eigenvalue weighted by Gasteiger charge is -2.17. The second kappa shape index (κ2) is 10.4. The molecule has 6 heteroatoms. The number of hydrogen-bond donors (Lipinski definition) is 1. The second-order valence-electron chi connectivity index (χ2n) is 7.56. The molecule has 0 aliphatic rings. The van der Waals surface area contributed by atoms with E-state index in [1.807, 2.05) is 84.9 Å². The highest BCUT2D eigenvalue weighted by molar-refractivity contribution is 5.97. The summed E-state index contributed by atoms with van der Waals surface area (Å²) >= 11 is 0. The van der Waals surface area contributed by atoms with E-state index in [0.29, 0.717) is 17.9 Å². The van der Waals surface area contributed by atoms with E-state index in [2.05, 4.69) is 10.3 Å². The Morgan fingerprint density at radius 1 is 0.879 bits per heavy atom. The second-order valence-corrected chi connectivity index (χ2v) is 7.56. The highest BCUT2D eigenvalue weighted by atomic mass is 16.5. The lowest BCUT2D eigenvalue weighted by atomic mass is 10.1. The molecule has 4 aromatic rings. The summed E-state index contributed by atoms with van der Waals surface area (Å²) in [6, 6.07) is 27.5. The van der Waals surface area contributed by atoms with E-state index in [9.17, 15) is 9.59 Å². The fourth-order valence-electron chi connectivity index (χ4n) is 3.50. The average Bonchev–Trinajstić information content (AvgIpc) is 2.87. The standard InChI is InChI=1S/C27H24N2O4/c1-32-27(31)25(29-26(30)24-15-14-21-11-5-6-13-23(21)28-24)17-20-10-7-12-22(16-20)33-18-19-8-3-2-4-9-19/h2-16,25H,17-18H2,1H3,(H,29,30)/t25-/m1/s1. The van der Waals surface area contributed by atoms with Crippen molar-refractivity contribution in [2.45, 2.75) is 19.1 Å². The number of benzene rings is 3. The first kappa shape index (κ1) is 22.0. The summed E-state index contributed by atoms with van der Waals surface area (Å²) in [6.07, 6.45) is 0.258. The fourth-order valence-corrected chi connectivity index (χ4v) is 3.50. The van der Waals surface area contributed by atoms with E-state index in [1.165, 1.54) is 7.11 Å². The van der Waals surface area contributed by atoms with E-state index >= 15 is 0 Å². The minimum absolute atomic E-state index is 0.238. The molecule has 1 heterocycles. The molecule has 1 atom stereocenters. The monoisotopic (exact) mass is 440 g/mol. The van der Waals surface area contributed by atoms with E-state index in [4.69, 9.17) is 9.47 Å². The number of carbonyl (C=O) groups excluding carboxylic acids is 2. The summed E-state index contributed by atoms with van der Waals surface area (Å²) in [6.45, 7) is 0.440. The molecule has 0 unspecified atom stereocenters. The van der Waals surface area contributed by atoms with Crippen molar-refractivity contribution in [3.8, 4) is 5.75 Å². The Kier molecular flexibility index (Phi) is 6.95. The molecule has 3 aromatic carbocycles. The van der Waals surface area contributed by atoms with E-state index < -0.39 is 17.9 Å². The first-order valence-electron chi connectivity index (χ1n) is 10.6. The Labute approximate surface area is 192 Å². The molecule has 0 saturated heterocycles. The zero-order chi connectivity index (χ0) is 23.0. The number of nitrogens with one attached hydrogen (secondary N) is 1. The van der Waals surface area contributed by atoms with Gasteiger partial charge in [-0.15, -0.1) is 0 Å². The highest BCUT2D eigenvalue weighted by Crippen LogP contribution is 2.17. The molecule has 4 rings (SSSR count). The SMILES string of the molecule is COC(=O)[C@@H](Cc1cccc(OCc2ccccc2)c1)NC(=O)c1ccc2ccccc2n1. The number of rotatable bonds is 8. The van der Waals surface area contributed by atoms with Crippen molar-refractivity contribution >= 4 is 22.8 Å². The lowest BCUT2D eigenvalue weighted by molar-refractivity contribution is -0.142. The third-order valence-electron chi connectivity index (χ3n) is 5.21. The number of esters is 1. The van der Waals surface area contributed by atoms with Crippen LogP contribution in [0.4, 0.5) is 0 Å². The van der Waals surface area contributed by atoms with Crippen molar-refractivity contribution in [2.75, 3.05) is 7.11 Å². The van der Waals surface area contributed by atoms with E-state index in [1.54, 1.807) is 6.07 Å². The molecule has 1 amide bonds. The van der Waals surface area contributed by atoms with Gasteiger partial charge in [-0.25, -0.2) is 9.78 Å². The molecule has 0 aliphatic heterocycles. The first-order valence-corrected chi connectivity index (χ1v) is 10.6. The predicted molar refractivity (Wildman–Crippen MR) is 126 cm³/mol. The smallest absolute Gasteiger partial charge is 0.328 e. The topological polar surface area (TPSA) is 77.5 Å². The minimum Gasteiger partial charge on any atom is -0.489 e. The van der Waals surface area contributed by atoms with Crippen molar-refractivity contribution in [2.24, 2.45) is 0 Å². The average molecular weight is 440 g/mol. The maximum atomic E-state index is 12.8. The van der Waals surface area contributed by atoms with Crippen LogP contribution in [0, 0.1) is 0 Å². The molecular weight excluding hydrogens is 416 g/mol. The predicted octanol–water partition coefficient (Wildman–Crippen LogP) is 4.33. The van der Waals surface area contributed by atoms with Gasteiger partial charge in [-0.3, -0.25) is 4.79 Å². The molecular formula is C27H24N2O4. The van der Waals surface area contributed by atoms with Gasteiger partial charge in [-0.05, 0) is 35.4 Å². The van der Waals surface area contributed by atoms with Crippen LogP contribution in [0.25, 0.3) is 10.9 Å². The molecule has 33 heavy (non-hydrogen) atoms. The van der Waals surface area contributed by atoms with Crippen LogP contribution in [-0.2, 0) is 22.6 Å². The number of nitrogens with zero attached hydrogens (tertiary/aromatic N) is 1. The van der Waals surface area contributed by atoms with Crippen LogP contribution < -0.4 is 10.1 Å². The zero-order valence-electron chi connectivity index (χ0n) is 18.2. The molecule has 0 aliphatic carbocycles. The number of methoxy groups -OCH3 is 1. The van der Waals surface area contributed by atoms with Crippen molar-refractivity contribution < 1.29 is 19.1 Å². The van der Waals surface area contributed by atoms with Gasteiger partial charge >= 0.3 is 5.97 Å². The number of para-hydroxylation sites is 1. The van der Waals surface area contributed by atoms with Gasteiger partial charge in [0, 0.05) is 11.8 Å². The van der Waals surface area contributed by atoms with Crippen LogP contribution in [0.5, 0.6) is 5.75 Å². The third kappa shape index (κ3) is 5.74. The number of ether oxygens (including phenoxy) is 2. The summed E-state index contributed by atoms with van der Waals surface area (Å²) in [4.78, 5) is 29.6.